The van der Waals surface area contributed by atoms with Gasteiger partial charge in [-0.25, -0.2) is 4.98 Å². The van der Waals surface area contributed by atoms with Crippen molar-refractivity contribution < 1.29 is 9.21 Å². The molecule has 1 heterocycles. The number of halogens is 2. The van der Waals surface area contributed by atoms with Gasteiger partial charge < -0.3 is 15.5 Å². The zero-order valence-corrected chi connectivity index (χ0v) is 14.8. The largest absolute Gasteiger partial charge is 0.444 e. The Morgan fingerprint density at radius 3 is 2.58 bits per heavy atom. The van der Waals surface area contributed by atoms with E-state index in [1.807, 2.05) is 12.1 Å². The number of nitrogens with two attached hydrogens (primary N) is 1. The second-order valence-corrected chi connectivity index (χ2v) is 6.50. The topological polar surface area (TPSA) is 81.1 Å². The fourth-order valence-corrected chi connectivity index (χ4v) is 3.18. The molecule has 1 amide bonds. The van der Waals surface area contributed by atoms with Crippen molar-refractivity contribution in [3.8, 4) is 11.5 Å². The lowest BCUT2D eigenvalue weighted by atomic mass is 9.97. The Morgan fingerprint density at radius 2 is 1.96 bits per heavy atom. The molecule has 1 aromatic heterocycles. The number of benzene rings is 1. The lowest BCUT2D eigenvalue weighted by Gasteiger charge is -2.28. The highest BCUT2D eigenvalue weighted by Crippen LogP contribution is 2.28. The molecular formula is C17H21Cl2N3O2. The highest BCUT2D eigenvalue weighted by molar-refractivity contribution is 6.30. The predicted octanol–water partition coefficient (Wildman–Crippen LogP) is 3.35. The van der Waals surface area contributed by atoms with Crippen molar-refractivity contribution in [2.45, 2.75) is 37.6 Å². The molecule has 1 aliphatic carbocycles. The van der Waals surface area contributed by atoms with Crippen molar-refractivity contribution in [3.05, 3.63) is 41.2 Å². The lowest BCUT2D eigenvalue weighted by Crippen LogP contribution is -2.52. The molecule has 0 bridgehead atoms. The number of amides is 1. The number of aromatic nitrogens is 1. The first kappa shape index (κ1) is 18.8. The molecule has 24 heavy (non-hydrogen) atoms. The summed E-state index contributed by atoms with van der Waals surface area (Å²) in [5.41, 5.74) is 7.04. The molecule has 0 saturated heterocycles. The standard InChI is InChI=1S/C17H20ClN3O2.ClH/c18-13-5-3-12(4-6-13)16-20-14(10-23-16)9-15(22)21-17(11-19)7-1-2-8-17;/h3-6,10H,1-2,7-9,11,19H2,(H,21,22);1H. The van der Waals surface area contributed by atoms with E-state index in [4.69, 9.17) is 21.8 Å². The fraction of sp³-hybridized carbons (Fsp3) is 0.412. The minimum absolute atomic E-state index is 0. The Bertz CT molecular complexity index is 679. The van der Waals surface area contributed by atoms with Crippen molar-refractivity contribution in [1.82, 2.24) is 10.3 Å². The molecule has 7 heteroatoms. The average Bonchev–Trinajstić information content (AvgIpc) is 3.18. The summed E-state index contributed by atoms with van der Waals surface area (Å²) in [4.78, 5) is 16.6. The molecule has 3 rings (SSSR count). The second-order valence-electron chi connectivity index (χ2n) is 6.07. The Labute approximate surface area is 152 Å². The van der Waals surface area contributed by atoms with Crippen molar-refractivity contribution in [3.63, 3.8) is 0 Å². The summed E-state index contributed by atoms with van der Waals surface area (Å²) in [6, 6.07) is 7.22. The van der Waals surface area contributed by atoms with Crippen LogP contribution in [0.15, 0.2) is 34.9 Å². The molecule has 1 saturated carbocycles. The highest BCUT2D eigenvalue weighted by atomic mass is 35.5. The quantitative estimate of drug-likeness (QED) is 0.846. The van der Waals surface area contributed by atoms with Crippen molar-refractivity contribution in [1.29, 1.82) is 0 Å². The van der Waals surface area contributed by atoms with E-state index in [0.29, 0.717) is 23.2 Å². The van der Waals surface area contributed by atoms with Gasteiger partial charge in [0.05, 0.1) is 17.7 Å². The molecule has 0 radical (unpaired) electrons. The first-order valence-corrected chi connectivity index (χ1v) is 8.19. The fourth-order valence-electron chi connectivity index (χ4n) is 3.05. The summed E-state index contributed by atoms with van der Waals surface area (Å²) in [6.45, 7) is 0.480. The third-order valence-corrected chi connectivity index (χ3v) is 4.59. The van der Waals surface area contributed by atoms with Gasteiger partial charge in [0.2, 0.25) is 11.8 Å². The molecule has 3 N–H and O–H groups in total. The van der Waals surface area contributed by atoms with Gasteiger partial charge in [-0.05, 0) is 37.1 Å². The number of hydrogen-bond acceptors (Lipinski definition) is 4. The van der Waals surface area contributed by atoms with Crippen LogP contribution in [0.1, 0.15) is 31.4 Å². The molecule has 0 atom stereocenters. The van der Waals surface area contributed by atoms with Gasteiger partial charge >= 0.3 is 0 Å². The Balaban J connectivity index is 0.00000208. The van der Waals surface area contributed by atoms with Crippen LogP contribution in [-0.2, 0) is 11.2 Å². The van der Waals surface area contributed by atoms with Crippen LogP contribution < -0.4 is 11.1 Å². The first-order valence-electron chi connectivity index (χ1n) is 7.82. The molecule has 0 spiro atoms. The Hall–Kier alpha value is -1.56. The van der Waals surface area contributed by atoms with Gasteiger partial charge in [-0.2, -0.15) is 0 Å². The highest BCUT2D eigenvalue weighted by Gasteiger charge is 2.33. The van der Waals surface area contributed by atoms with E-state index in [9.17, 15) is 4.79 Å². The van der Waals surface area contributed by atoms with Gasteiger partial charge in [-0.3, -0.25) is 4.79 Å². The number of oxazole rings is 1. The molecule has 130 valence electrons. The zero-order chi connectivity index (χ0) is 16.3. The van der Waals surface area contributed by atoms with Crippen LogP contribution in [0.25, 0.3) is 11.5 Å². The number of carbonyl (C=O) groups is 1. The monoisotopic (exact) mass is 369 g/mol. The third-order valence-electron chi connectivity index (χ3n) is 4.34. The SMILES string of the molecule is Cl.NCC1(NC(=O)Cc2coc(-c3ccc(Cl)cc3)n2)CCCC1. The van der Waals surface area contributed by atoms with Crippen LogP contribution in [0.5, 0.6) is 0 Å². The predicted molar refractivity (Wildman–Crippen MR) is 96.3 cm³/mol. The van der Waals surface area contributed by atoms with Crippen molar-refractivity contribution in [2.75, 3.05) is 6.54 Å². The maximum atomic E-state index is 12.3. The number of hydrogen-bond donors (Lipinski definition) is 2. The molecule has 0 unspecified atom stereocenters. The van der Waals surface area contributed by atoms with Crippen LogP contribution in [0.2, 0.25) is 5.02 Å². The van der Waals surface area contributed by atoms with Gasteiger partial charge in [-0.1, -0.05) is 24.4 Å². The van der Waals surface area contributed by atoms with E-state index in [0.717, 1.165) is 31.2 Å². The third kappa shape index (κ3) is 4.29. The molecule has 1 aliphatic rings. The molecule has 1 fully saturated rings. The van der Waals surface area contributed by atoms with Gasteiger partial charge in [-0.15, -0.1) is 12.4 Å². The average molecular weight is 370 g/mol. The van der Waals surface area contributed by atoms with Gasteiger partial charge in [0.15, 0.2) is 0 Å². The first-order chi connectivity index (χ1) is 11.1. The van der Waals surface area contributed by atoms with Crippen LogP contribution in [-0.4, -0.2) is 23.0 Å². The van der Waals surface area contributed by atoms with Crippen molar-refractivity contribution >= 4 is 29.9 Å². The van der Waals surface area contributed by atoms with Crippen molar-refractivity contribution in [2.24, 2.45) is 5.73 Å². The second kappa shape index (κ2) is 8.01. The van der Waals surface area contributed by atoms with E-state index >= 15 is 0 Å². The van der Waals surface area contributed by atoms with E-state index < -0.39 is 0 Å². The molecule has 5 nitrogen and oxygen atoms in total. The minimum Gasteiger partial charge on any atom is -0.444 e. The van der Waals surface area contributed by atoms with Crippen LogP contribution in [0.4, 0.5) is 0 Å². The molecule has 1 aromatic carbocycles. The summed E-state index contributed by atoms with van der Waals surface area (Å²) in [5, 5.41) is 3.74. The zero-order valence-electron chi connectivity index (χ0n) is 13.3. The number of carbonyl (C=O) groups excluding carboxylic acids is 1. The maximum absolute atomic E-state index is 12.3. The van der Waals surface area contributed by atoms with E-state index in [1.165, 1.54) is 6.26 Å². The van der Waals surface area contributed by atoms with Crippen LogP contribution >= 0.6 is 24.0 Å². The summed E-state index contributed by atoms with van der Waals surface area (Å²) in [6.07, 6.45) is 5.84. The molecule has 2 aromatic rings. The number of rotatable bonds is 5. The summed E-state index contributed by atoms with van der Waals surface area (Å²) >= 11 is 5.87. The molecular weight excluding hydrogens is 349 g/mol. The summed E-state index contributed by atoms with van der Waals surface area (Å²) < 4.78 is 5.45. The Morgan fingerprint density at radius 1 is 1.29 bits per heavy atom. The number of nitrogens with zero attached hydrogens (tertiary/aromatic N) is 1. The summed E-state index contributed by atoms with van der Waals surface area (Å²) in [7, 11) is 0. The Kier molecular flexibility index (Phi) is 6.27. The normalized spacial score (nSPS) is 15.8. The van der Waals surface area contributed by atoms with Gasteiger partial charge in [0.25, 0.3) is 0 Å². The molecule has 0 aliphatic heterocycles. The van der Waals surface area contributed by atoms with Crippen LogP contribution in [0.3, 0.4) is 0 Å². The smallest absolute Gasteiger partial charge is 0.226 e. The van der Waals surface area contributed by atoms with E-state index in [1.54, 1.807) is 12.1 Å². The number of nitrogens with one attached hydrogen (secondary N) is 1. The van der Waals surface area contributed by atoms with Gasteiger partial charge in [0, 0.05) is 17.1 Å². The lowest BCUT2D eigenvalue weighted by molar-refractivity contribution is -0.122. The maximum Gasteiger partial charge on any atom is 0.226 e. The van der Waals surface area contributed by atoms with Gasteiger partial charge in [0.1, 0.15) is 6.26 Å². The van der Waals surface area contributed by atoms with E-state index in [-0.39, 0.29) is 30.3 Å². The summed E-state index contributed by atoms with van der Waals surface area (Å²) in [5.74, 6) is 0.423. The van der Waals surface area contributed by atoms with E-state index in [2.05, 4.69) is 10.3 Å². The van der Waals surface area contributed by atoms with Crippen LogP contribution in [0, 0.1) is 0 Å². The minimum atomic E-state index is -0.236.